The maximum absolute atomic E-state index is 13.9. The molecule has 0 bridgehead atoms. The number of halogens is 2. The van der Waals surface area contributed by atoms with Gasteiger partial charge in [-0.15, -0.1) is 11.8 Å². The summed E-state index contributed by atoms with van der Waals surface area (Å²) < 4.78 is 32.2. The van der Waals surface area contributed by atoms with Crippen molar-refractivity contribution in [3.8, 4) is 0 Å². The normalized spacial score (nSPS) is 10.3. The Morgan fingerprint density at radius 2 is 1.81 bits per heavy atom. The molecule has 26 heavy (non-hydrogen) atoms. The third-order valence-electron chi connectivity index (χ3n) is 3.14. The highest BCUT2D eigenvalue weighted by atomic mass is 32.2. The standard InChI is InChI=1S/C18H15F2NO4S/c1-11(22)21-12-6-7-13(15(20)8-12)16(23)9-25-18(24)10-26-17-5-3-2-4-14(17)19/h2-8H,9-10H2,1H3,(H,21,22). The molecule has 0 aliphatic rings. The van der Waals surface area contributed by atoms with E-state index < -0.39 is 30.0 Å². The fraction of sp³-hybridized carbons (Fsp3) is 0.167. The second kappa shape index (κ2) is 9.10. The smallest absolute Gasteiger partial charge is 0.316 e. The first-order valence-corrected chi connectivity index (χ1v) is 8.48. The van der Waals surface area contributed by atoms with Gasteiger partial charge in [0.05, 0.1) is 11.3 Å². The minimum atomic E-state index is -0.835. The molecule has 8 heteroatoms. The largest absolute Gasteiger partial charge is 0.457 e. The summed E-state index contributed by atoms with van der Waals surface area (Å²) >= 11 is 0.938. The van der Waals surface area contributed by atoms with Crippen molar-refractivity contribution in [3.63, 3.8) is 0 Å². The van der Waals surface area contributed by atoms with Crippen LogP contribution < -0.4 is 5.32 Å². The van der Waals surface area contributed by atoms with E-state index in [2.05, 4.69) is 5.32 Å². The molecule has 0 spiro atoms. The van der Waals surface area contributed by atoms with Gasteiger partial charge < -0.3 is 10.1 Å². The number of ketones is 1. The Labute approximate surface area is 152 Å². The summed E-state index contributed by atoms with van der Waals surface area (Å²) in [4.78, 5) is 34.8. The molecule has 2 rings (SSSR count). The Hall–Kier alpha value is -2.74. The molecular weight excluding hydrogens is 364 g/mol. The summed E-state index contributed by atoms with van der Waals surface area (Å²) in [7, 11) is 0. The van der Waals surface area contributed by atoms with Crippen molar-refractivity contribution >= 4 is 35.1 Å². The average Bonchev–Trinajstić information content (AvgIpc) is 2.58. The quantitative estimate of drug-likeness (QED) is 0.453. The number of hydrogen-bond acceptors (Lipinski definition) is 5. The van der Waals surface area contributed by atoms with Crippen LogP contribution in [-0.4, -0.2) is 30.0 Å². The van der Waals surface area contributed by atoms with Crippen LogP contribution in [0.25, 0.3) is 0 Å². The number of anilines is 1. The summed E-state index contributed by atoms with van der Waals surface area (Å²) in [6, 6.07) is 9.52. The molecule has 0 atom stereocenters. The highest BCUT2D eigenvalue weighted by Gasteiger charge is 2.15. The van der Waals surface area contributed by atoms with Crippen LogP contribution in [-0.2, 0) is 14.3 Å². The predicted octanol–water partition coefficient (Wildman–Crippen LogP) is 3.44. The van der Waals surface area contributed by atoms with E-state index in [4.69, 9.17) is 4.74 Å². The Bertz CT molecular complexity index is 842. The second-order valence-corrected chi connectivity index (χ2v) is 6.20. The van der Waals surface area contributed by atoms with Gasteiger partial charge in [-0.05, 0) is 30.3 Å². The zero-order valence-electron chi connectivity index (χ0n) is 13.8. The molecule has 1 N–H and O–H groups in total. The lowest BCUT2D eigenvalue weighted by Gasteiger charge is -2.07. The van der Waals surface area contributed by atoms with Crippen molar-refractivity contribution in [2.45, 2.75) is 11.8 Å². The molecule has 0 aliphatic carbocycles. The number of nitrogens with one attached hydrogen (secondary N) is 1. The van der Waals surface area contributed by atoms with Gasteiger partial charge in [-0.2, -0.15) is 0 Å². The molecule has 0 aromatic heterocycles. The number of benzene rings is 2. The summed E-state index contributed by atoms with van der Waals surface area (Å²) in [6.45, 7) is 0.642. The summed E-state index contributed by atoms with van der Waals surface area (Å²) in [5.41, 5.74) is -0.0431. The van der Waals surface area contributed by atoms with Gasteiger partial charge >= 0.3 is 5.97 Å². The van der Waals surface area contributed by atoms with Crippen LogP contribution in [0.4, 0.5) is 14.5 Å². The van der Waals surface area contributed by atoms with Gasteiger partial charge in [-0.3, -0.25) is 14.4 Å². The highest BCUT2D eigenvalue weighted by molar-refractivity contribution is 8.00. The maximum atomic E-state index is 13.9. The van der Waals surface area contributed by atoms with Gasteiger partial charge in [0.2, 0.25) is 11.7 Å². The first-order valence-electron chi connectivity index (χ1n) is 7.50. The number of hydrogen-bond donors (Lipinski definition) is 1. The van der Waals surface area contributed by atoms with Crippen LogP contribution in [0.1, 0.15) is 17.3 Å². The Balaban J connectivity index is 1.87. The Morgan fingerprint density at radius 3 is 2.46 bits per heavy atom. The van der Waals surface area contributed by atoms with Crippen molar-refractivity contribution in [2.75, 3.05) is 17.7 Å². The van der Waals surface area contributed by atoms with Gasteiger partial charge in [0.25, 0.3) is 0 Å². The van der Waals surface area contributed by atoms with Gasteiger partial charge in [-0.1, -0.05) is 12.1 Å². The van der Waals surface area contributed by atoms with E-state index in [1.54, 1.807) is 6.07 Å². The van der Waals surface area contributed by atoms with Gasteiger partial charge in [0, 0.05) is 17.5 Å². The predicted molar refractivity (Wildman–Crippen MR) is 93.1 cm³/mol. The lowest BCUT2D eigenvalue weighted by atomic mass is 10.1. The van der Waals surface area contributed by atoms with Crippen LogP contribution >= 0.6 is 11.8 Å². The lowest BCUT2D eigenvalue weighted by molar-refractivity contribution is -0.139. The zero-order valence-corrected chi connectivity index (χ0v) is 14.6. The summed E-state index contributed by atoms with van der Waals surface area (Å²) in [5, 5.41) is 2.39. The molecule has 2 aromatic rings. The number of rotatable bonds is 7. The second-order valence-electron chi connectivity index (χ2n) is 5.18. The van der Waals surface area contributed by atoms with E-state index in [9.17, 15) is 23.2 Å². The summed E-state index contributed by atoms with van der Waals surface area (Å²) in [5.74, 6) is -3.29. The molecule has 2 aromatic carbocycles. The van der Waals surface area contributed by atoms with E-state index in [0.717, 1.165) is 17.8 Å². The van der Waals surface area contributed by atoms with Crippen molar-refractivity contribution in [2.24, 2.45) is 0 Å². The molecule has 0 fully saturated rings. The number of carbonyl (C=O) groups is 3. The van der Waals surface area contributed by atoms with Crippen molar-refractivity contribution in [1.82, 2.24) is 0 Å². The fourth-order valence-corrected chi connectivity index (χ4v) is 2.72. The molecule has 0 unspecified atom stereocenters. The van der Waals surface area contributed by atoms with Gasteiger partial charge in [-0.25, -0.2) is 8.78 Å². The monoisotopic (exact) mass is 379 g/mol. The molecule has 0 heterocycles. The third kappa shape index (κ3) is 5.66. The molecule has 0 aliphatic heterocycles. The number of esters is 1. The van der Waals surface area contributed by atoms with Crippen molar-refractivity contribution in [1.29, 1.82) is 0 Å². The minimum Gasteiger partial charge on any atom is -0.457 e. The fourth-order valence-electron chi connectivity index (χ4n) is 1.99. The minimum absolute atomic E-state index is 0.182. The molecule has 136 valence electrons. The molecule has 0 radical (unpaired) electrons. The van der Waals surface area contributed by atoms with E-state index in [0.29, 0.717) is 0 Å². The average molecular weight is 379 g/mol. The Kier molecular flexibility index (Phi) is 6.85. The van der Waals surface area contributed by atoms with Crippen LogP contribution in [0.3, 0.4) is 0 Å². The maximum Gasteiger partial charge on any atom is 0.316 e. The number of ether oxygens (including phenoxy) is 1. The third-order valence-corrected chi connectivity index (χ3v) is 4.16. The number of Topliss-reactive ketones (excluding diaryl/α,β-unsaturated/α-hetero) is 1. The molecule has 1 amide bonds. The van der Waals surface area contributed by atoms with Crippen LogP contribution in [0.2, 0.25) is 0 Å². The van der Waals surface area contributed by atoms with Crippen LogP contribution in [0.5, 0.6) is 0 Å². The molecule has 0 saturated heterocycles. The van der Waals surface area contributed by atoms with E-state index >= 15 is 0 Å². The molecule has 0 saturated carbocycles. The number of amides is 1. The van der Waals surface area contributed by atoms with Gasteiger partial charge in [0.15, 0.2) is 6.61 Å². The van der Waals surface area contributed by atoms with E-state index in [1.807, 2.05) is 0 Å². The molecule has 5 nitrogen and oxygen atoms in total. The SMILES string of the molecule is CC(=O)Nc1ccc(C(=O)COC(=O)CSc2ccccc2F)c(F)c1. The highest BCUT2D eigenvalue weighted by Crippen LogP contribution is 2.21. The topological polar surface area (TPSA) is 72.5 Å². The Morgan fingerprint density at radius 1 is 1.08 bits per heavy atom. The first kappa shape index (κ1) is 19.6. The first-order chi connectivity index (χ1) is 12.4. The molecular formula is C18H15F2NO4S. The van der Waals surface area contributed by atoms with Crippen LogP contribution in [0, 0.1) is 11.6 Å². The zero-order chi connectivity index (χ0) is 19.1. The van der Waals surface area contributed by atoms with E-state index in [-0.39, 0.29) is 27.8 Å². The lowest BCUT2D eigenvalue weighted by Crippen LogP contribution is -2.17. The number of thioether (sulfide) groups is 1. The van der Waals surface area contributed by atoms with Crippen molar-refractivity contribution < 1.29 is 27.9 Å². The van der Waals surface area contributed by atoms with E-state index in [1.165, 1.54) is 37.3 Å². The van der Waals surface area contributed by atoms with Gasteiger partial charge in [0.1, 0.15) is 11.6 Å². The summed E-state index contributed by atoms with van der Waals surface area (Å²) in [6.07, 6.45) is 0. The number of carbonyl (C=O) groups excluding carboxylic acids is 3. The van der Waals surface area contributed by atoms with Crippen molar-refractivity contribution in [3.05, 3.63) is 59.7 Å². The van der Waals surface area contributed by atoms with Crippen LogP contribution in [0.15, 0.2) is 47.4 Å².